The van der Waals surface area contributed by atoms with Gasteiger partial charge in [0.15, 0.2) is 0 Å². The lowest BCUT2D eigenvalue weighted by molar-refractivity contribution is 0.281. The van der Waals surface area contributed by atoms with Crippen LogP contribution < -0.4 is 0 Å². The molecule has 1 aromatic heterocycles. The lowest BCUT2D eigenvalue weighted by Crippen LogP contribution is -2.27. The van der Waals surface area contributed by atoms with Gasteiger partial charge in [0, 0.05) is 37.3 Å². The van der Waals surface area contributed by atoms with Crippen LogP contribution in [0.4, 0.5) is 0 Å². The van der Waals surface area contributed by atoms with Crippen LogP contribution in [0.1, 0.15) is 19.0 Å². The maximum Gasteiger partial charge on any atom is 0.0482 e. The van der Waals surface area contributed by atoms with E-state index in [4.69, 9.17) is 0 Å². The largest absolute Gasteiger partial charge is 0.343 e. The molecule has 1 aliphatic heterocycles. The highest BCUT2D eigenvalue weighted by Gasteiger charge is 2.15. The van der Waals surface area contributed by atoms with Gasteiger partial charge in [-0.15, -0.1) is 12.4 Å². The molecule has 2 heterocycles. The first-order valence-corrected chi connectivity index (χ1v) is 6.68. The number of nitrogens with zero attached hydrogens (tertiary/aromatic N) is 2. The summed E-state index contributed by atoms with van der Waals surface area (Å²) in [4.78, 5) is 2.59. The Labute approximate surface area is 115 Å². The summed E-state index contributed by atoms with van der Waals surface area (Å²) in [6, 6.07) is 11.1. The molecule has 0 saturated heterocycles. The number of para-hydroxylation sites is 1. The Kier molecular flexibility index (Phi) is 4.31. The van der Waals surface area contributed by atoms with E-state index in [9.17, 15) is 0 Å². The third-order valence-electron chi connectivity index (χ3n) is 3.76. The van der Waals surface area contributed by atoms with E-state index in [1.807, 2.05) is 0 Å². The monoisotopic (exact) mass is 264 g/mol. The zero-order valence-electron chi connectivity index (χ0n) is 10.9. The van der Waals surface area contributed by atoms with Gasteiger partial charge in [-0.3, -0.25) is 0 Å². The smallest absolute Gasteiger partial charge is 0.0482 e. The molecule has 18 heavy (non-hydrogen) atoms. The van der Waals surface area contributed by atoms with Gasteiger partial charge in [-0.25, -0.2) is 0 Å². The first-order valence-electron chi connectivity index (χ1n) is 6.68. The molecular weight excluding hydrogens is 244 g/mol. The van der Waals surface area contributed by atoms with Crippen LogP contribution in [-0.2, 0) is 13.0 Å². The zero-order chi connectivity index (χ0) is 11.7. The summed E-state index contributed by atoms with van der Waals surface area (Å²) >= 11 is 0. The summed E-state index contributed by atoms with van der Waals surface area (Å²) in [6.07, 6.45) is 2.45. The number of hydrogen-bond donors (Lipinski definition) is 0. The molecule has 3 rings (SSSR count). The summed E-state index contributed by atoms with van der Waals surface area (Å²) in [5.74, 6) is 0. The van der Waals surface area contributed by atoms with Crippen molar-refractivity contribution in [2.75, 3.05) is 19.6 Å². The number of aromatic nitrogens is 1. The minimum atomic E-state index is 0. The average Bonchev–Trinajstić information content (AvgIpc) is 2.59. The highest BCUT2D eigenvalue weighted by molar-refractivity contribution is 5.85. The van der Waals surface area contributed by atoms with E-state index in [0.717, 1.165) is 6.54 Å². The summed E-state index contributed by atoms with van der Waals surface area (Å²) in [5.41, 5.74) is 2.91. The fourth-order valence-corrected chi connectivity index (χ4v) is 2.90. The highest BCUT2D eigenvalue weighted by Crippen LogP contribution is 2.22. The van der Waals surface area contributed by atoms with E-state index in [0.29, 0.717) is 0 Å². The van der Waals surface area contributed by atoms with Crippen LogP contribution in [0.2, 0.25) is 0 Å². The summed E-state index contributed by atoms with van der Waals surface area (Å²) < 4.78 is 2.50. The Morgan fingerprint density at radius 2 is 1.94 bits per heavy atom. The Balaban J connectivity index is 0.00000120. The van der Waals surface area contributed by atoms with Gasteiger partial charge in [0.25, 0.3) is 0 Å². The molecule has 1 aliphatic rings. The predicted molar refractivity (Wildman–Crippen MR) is 79.6 cm³/mol. The number of halogens is 1. The Morgan fingerprint density at radius 1 is 1.11 bits per heavy atom. The maximum atomic E-state index is 2.59. The van der Waals surface area contributed by atoms with Gasteiger partial charge in [0.1, 0.15) is 0 Å². The van der Waals surface area contributed by atoms with Crippen LogP contribution >= 0.6 is 12.4 Å². The molecule has 0 aliphatic carbocycles. The van der Waals surface area contributed by atoms with Crippen molar-refractivity contribution < 1.29 is 0 Å². The molecule has 0 spiro atoms. The lowest BCUT2D eigenvalue weighted by atomic mass is 10.2. The fraction of sp³-hybridized carbons (Fsp3) is 0.467. The van der Waals surface area contributed by atoms with E-state index in [1.54, 1.807) is 0 Å². The standard InChI is InChI=1S/C15H20N2.ClH/c1-2-8-16-9-7-14-12-13-5-3-4-6-15(13)17(14)11-10-16;/h3-6,12H,2,7-11H2,1H3;1H. The van der Waals surface area contributed by atoms with Crippen LogP contribution in [0.15, 0.2) is 30.3 Å². The van der Waals surface area contributed by atoms with E-state index in [1.165, 1.54) is 49.1 Å². The molecule has 0 amide bonds. The summed E-state index contributed by atoms with van der Waals surface area (Å²) in [7, 11) is 0. The molecule has 0 atom stereocenters. The minimum Gasteiger partial charge on any atom is -0.343 e. The van der Waals surface area contributed by atoms with Gasteiger partial charge in [0.2, 0.25) is 0 Å². The van der Waals surface area contributed by atoms with Crippen molar-refractivity contribution in [2.45, 2.75) is 26.3 Å². The van der Waals surface area contributed by atoms with Gasteiger partial charge in [-0.1, -0.05) is 25.1 Å². The minimum absolute atomic E-state index is 0. The Morgan fingerprint density at radius 3 is 2.78 bits per heavy atom. The van der Waals surface area contributed by atoms with Crippen molar-refractivity contribution in [2.24, 2.45) is 0 Å². The van der Waals surface area contributed by atoms with Gasteiger partial charge >= 0.3 is 0 Å². The molecule has 1 aromatic carbocycles. The topological polar surface area (TPSA) is 8.17 Å². The van der Waals surface area contributed by atoms with Crippen molar-refractivity contribution in [1.82, 2.24) is 9.47 Å². The normalized spacial score (nSPS) is 16.1. The molecule has 98 valence electrons. The van der Waals surface area contributed by atoms with Crippen molar-refractivity contribution >= 4 is 23.3 Å². The number of benzene rings is 1. The molecule has 0 bridgehead atoms. The molecule has 0 radical (unpaired) electrons. The van der Waals surface area contributed by atoms with Crippen LogP contribution in [0, 0.1) is 0 Å². The molecule has 0 N–H and O–H groups in total. The van der Waals surface area contributed by atoms with Crippen LogP contribution in [0.3, 0.4) is 0 Å². The van der Waals surface area contributed by atoms with Gasteiger partial charge < -0.3 is 9.47 Å². The van der Waals surface area contributed by atoms with Crippen molar-refractivity contribution in [3.05, 3.63) is 36.0 Å². The molecule has 0 fully saturated rings. The van der Waals surface area contributed by atoms with E-state index in [2.05, 4.69) is 46.7 Å². The van der Waals surface area contributed by atoms with E-state index < -0.39 is 0 Å². The molecule has 3 heteroatoms. The van der Waals surface area contributed by atoms with Crippen LogP contribution in [-0.4, -0.2) is 29.1 Å². The van der Waals surface area contributed by atoms with Crippen molar-refractivity contribution in [3.8, 4) is 0 Å². The SMILES string of the molecule is CCCN1CCc2cc3ccccc3n2CC1.Cl. The second-order valence-electron chi connectivity index (χ2n) is 4.94. The number of rotatable bonds is 2. The quantitative estimate of drug-likeness (QED) is 0.808. The fourth-order valence-electron chi connectivity index (χ4n) is 2.90. The van der Waals surface area contributed by atoms with Crippen molar-refractivity contribution in [1.29, 1.82) is 0 Å². The van der Waals surface area contributed by atoms with Crippen molar-refractivity contribution in [3.63, 3.8) is 0 Å². The van der Waals surface area contributed by atoms with Gasteiger partial charge in [0.05, 0.1) is 0 Å². The Bertz CT molecular complexity index is 518. The van der Waals surface area contributed by atoms with Crippen LogP contribution in [0.25, 0.3) is 10.9 Å². The van der Waals surface area contributed by atoms with Gasteiger partial charge in [-0.05, 0) is 30.5 Å². The first-order chi connectivity index (χ1) is 8.38. The number of fused-ring (bicyclic) bond motifs is 3. The second-order valence-corrected chi connectivity index (χ2v) is 4.94. The third kappa shape index (κ3) is 2.40. The molecule has 0 saturated carbocycles. The molecule has 2 aromatic rings. The Hall–Kier alpha value is -0.990. The predicted octanol–water partition coefficient (Wildman–Crippen LogP) is 3.33. The van der Waals surface area contributed by atoms with Crippen LogP contribution in [0.5, 0.6) is 0 Å². The lowest BCUT2D eigenvalue weighted by Gasteiger charge is -2.18. The average molecular weight is 265 g/mol. The van der Waals surface area contributed by atoms with Gasteiger partial charge in [-0.2, -0.15) is 0 Å². The third-order valence-corrected chi connectivity index (χ3v) is 3.76. The highest BCUT2D eigenvalue weighted by atomic mass is 35.5. The zero-order valence-corrected chi connectivity index (χ0v) is 11.7. The molecule has 2 nitrogen and oxygen atoms in total. The van der Waals surface area contributed by atoms with E-state index in [-0.39, 0.29) is 12.4 Å². The number of hydrogen-bond acceptors (Lipinski definition) is 1. The molecule has 0 unspecified atom stereocenters. The molecular formula is C15H21ClN2. The summed E-state index contributed by atoms with van der Waals surface area (Å²) in [6.45, 7) is 7.05. The first kappa shape index (κ1) is 13.4. The second kappa shape index (κ2) is 5.77. The maximum absolute atomic E-state index is 2.59. The summed E-state index contributed by atoms with van der Waals surface area (Å²) in [5, 5.41) is 1.39. The van der Waals surface area contributed by atoms with E-state index >= 15 is 0 Å².